The molecule has 2 fully saturated rings. The molecule has 0 saturated heterocycles. The molecule has 2 aliphatic rings. The van der Waals surface area contributed by atoms with Crippen LogP contribution in [0.1, 0.15) is 61.5 Å². The summed E-state index contributed by atoms with van der Waals surface area (Å²) in [5, 5.41) is 5.30. The zero-order valence-electron chi connectivity index (χ0n) is 12.5. The highest BCUT2D eigenvalue weighted by molar-refractivity contribution is 7.11. The van der Waals surface area contributed by atoms with Crippen LogP contribution in [-0.4, -0.2) is 11.5 Å². The first-order valence-electron chi connectivity index (χ1n) is 7.91. The van der Waals surface area contributed by atoms with Crippen molar-refractivity contribution < 1.29 is 0 Å². The zero-order valence-corrected chi connectivity index (χ0v) is 13.3. The highest BCUT2D eigenvalue weighted by atomic mass is 32.1. The second kappa shape index (κ2) is 5.17. The second-order valence-corrected chi connectivity index (χ2v) is 7.56. The molecule has 106 valence electrons. The summed E-state index contributed by atoms with van der Waals surface area (Å²) in [7, 11) is 0. The summed E-state index contributed by atoms with van der Waals surface area (Å²) < 4.78 is 0. The molecule has 3 atom stereocenters. The molecular weight excluding hydrogens is 252 g/mol. The van der Waals surface area contributed by atoms with Crippen molar-refractivity contribution in [1.82, 2.24) is 10.3 Å². The third-order valence-electron chi connectivity index (χ3n) is 5.15. The van der Waals surface area contributed by atoms with Gasteiger partial charge in [0, 0.05) is 4.88 Å². The lowest BCUT2D eigenvalue weighted by atomic mass is 9.81. The van der Waals surface area contributed by atoms with Gasteiger partial charge < -0.3 is 5.32 Å². The normalized spacial score (nSPS) is 33.2. The number of hydrogen-bond donors (Lipinski definition) is 1. The summed E-state index contributed by atoms with van der Waals surface area (Å²) in [6.07, 6.45) is 7.89. The Morgan fingerprint density at radius 2 is 2.21 bits per heavy atom. The summed E-state index contributed by atoms with van der Waals surface area (Å²) >= 11 is 1.95. The lowest BCUT2D eigenvalue weighted by molar-refractivity contribution is 0.209. The van der Waals surface area contributed by atoms with Gasteiger partial charge in [0.2, 0.25) is 0 Å². The Labute approximate surface area is 121 Å². The summed E-state index contributed by atoms with van der Waals surface area (Å²) in [5.41, 5.74) is 1.54. The molecule has 0 spiro atoms. The van der Waals surface area contributed by atoms with E-state index in [0.29, 0.717) is 0 Å². The summed E-state index contributed by atoms with van der Waals surface area (Å²) in [6.45, 7) is 7.85. The van der Waals surface area contributed by atoms with Crippen molar-refractivity contribution in [3.05, 3.63) is 15.6 Å². The van der Waals surface area contributed by atoms with Crippen LogP contribution >= 0.6 is 11.3 Å². The van der Waals surface area contributed by atoms with Crippen LogP contribution in [0.2, 0.25) is 0 Å². The van der Waals surface area contributed by atoms with E-state index in [4.69, 9.17) is 4.98 Å². The SMILES string of the molecule is CCCNC1(c2nc(CC)c(C)s2)CC2CCC1C2. The Kier molecular flexibility index (Phi) is 3.69. The number of hydrogen-bond acceptors (Lipinski definition) is 3. The van der Waals surface area contributed by atoms with Crippen LogP contribution in [0, 0.1) is 18.8 Å². The molecule has 19 heavy (non-hydrogen) atoms. The highest BCUT2D eigenvalue weighted by Crippen LogP contribution is 2.56. The lowest BCUT2D eigenvalue weighted by Crippen LogP contribution is -2.47. The standard InChI is InChI=1S/C16H26N2S/c1-4-8-17-16(10-12-6-7-13(16)9-12)15-18-14(5-2)11(3)19-15/h12-13,17H,4-10H2,1-3H3. The fraction of sp³-hybridized carbons (Fsp3) is 0.812. The number of thiazole rings is 1. The predicted octanol–water partition coefficient (Wildman–Crippen LogP) is 4.03. The third kappa shape index (κ3) is 2.15. The molecule has 0 radical (unpaired) electrons. The van der Waals surface area contributed by atoms with Crippen LogP contribution < -0.4 is 5.32 Å². The van der Waals surface area contributed by atoms with Gasteiger partial charge in [-0.15, -0.1) is 11.3 Å². The monoisotopic (exact) mass is 278 g/mol. The van der Waals surface area contributed by atoms with Crippen LogP contribution in [0.4, 0.5) is 0 Å². The Hall–Kier alpha value is -0.410. The molecule has 1 N–H and O–H groups in total. The van der Waals surface area contributed by atoms with Gasteiger partial charge in [-0.2, -0.15) is 0 Å². The number of fused-ring (bicyclic) bond motifs is 2. The minimum absolute atomic E-state index is 0.224. The van der Waals surface area contributed by atoms with E-state index in [-0.39, 0.29) is 5.54 Å². The zero-order chi connectivity index (χ0) is 13.5. The Balaban J connectivity index is 1.94. The molecule has 2 saturated carbocycles. The summed E-state index contributed by atoms with van der Waals surface area (Å²) in [5.74, 6) is 1.78. The largest absolute Gasteiger partial charge is 0.305 e. The molecule has 0 amide bonds. The van der Waals surface area contributed by atoms with E-state index < -0.39 is 0 Å². The molecule has 1 heterocycles. The number of nitrogens with one attached hydrogen (secondary N) is 1. The Bertz CT molecular complexity index is 454. The lowest BCUT2D eigenvalue weighted by Gasteiger charge is -2.37. The topological polar surface area (TPSA) is 24.9 Å². The van der Waals surface area contributed by atoms with Gasteiger partial charge in [0.15, 0.2) is 0 Å². The molecule has 2 bridgehead atoms. The van der Waals surface area contributed by atoms with Gasteiger partial charge in [-0.25, -0.2) is 4.98 Å². The van der Waals surface area contributed by atoms with Crippen molar-refractivity contribution in [2.45, 2.75) is 64.8 Å². The Morgan fingerprint density at radius 3 is 2.74 bits per heavy atom. The van der Waals surface area contributed by atoms with E-state index in [9.17, 15) is 0 Å². The first-order valence-corrected chi connectivity index (χ1v) is 8.73. The van der Waals surface area contributed by atoms with E-state index >= 15 is 0 Å². The molecule has 0 aliphatic heterocycles. The van der Waals surface area contributed by atoms with Crippen LogP contribution in [0.15, 0.2) is 0 Å². The smallest absolute Gasteiger partial charge is 0.114 e. The van der Waals surface area contributed by atoms with E-state index in [0.717, 1.165) is 24.8 Å². The van der Waals surface area contributed by atoms with Crippen molar-refractivity contribution in [3.8, 4) is 0 Å². The van der Waals surface area contributed by atoms with E-state index in [1.54, 1.807) is 0 Å². The highest BCUT2D eigenvalue weighted by Gasteiger charge is 2.53. The molecule has 0 aromatic carbocycles. The van der Waals surface area contributed by atoms with Gasteiger partial charge in [-0.05, 0) is 57.4 Å². The molecule has 2 nitrogen and oxygen atoms in total. The van der Waals surface area contributed by atoms with Gasteiger partial charge in [0.1, 0.15) is 5.01 Å². The van der Waals surface area contributed by atoms with E-state index in [1.165, 1.54) is 47.7 Å². The van der Waals surface area contributed by atoms with E-state index in [2.05, 4.69) is 26.1 Å². The summed E-state index contributed by atoms with van der Waals surface area (Å²) in [6, 6.07) is 0. The van der Waals surface area contributed by atoms with Gasteiger partial charge >= 0.3 is 0 Å². The molecule has 3 unspecified atom stereocenters. The third-order valence-corrected chi connectivity index (χ3v) is 6.34. The van der Waals surface area contributed by atoms with Crippen molar-refractivity contribution in [2.24, 2.45) is 11.8 Å². The second-order valence-electron chi connectivity index (χ2n) is 6.35. The fourth-order valence-electron chi connectivity index (χ4n) is 4.18. The van der Waals surface area contributed by atoms with Crippen molar-refractivity contribution >= 4 is 11.3 Å². The van der Waals surface area contributed by atoms with Gasteiger partial charge in [0.25, 0.3) is 0 Å². The van der Waals surface area contributed by atoms with Crippen LogP contribution in [-0.2, 0) is 12.0 Å². The van der Waals surface area contributed by atoms with Crippen LogP contribution in [0.25, 0.3) is 0 Å². The molecule has 1 aromatic heterocycles. The van der Waals surface area contributed by atoms with Crippen molar-refractivity contribution in [2.75, 3.05) is 6.54 Å². The van der Waals surface area contributed by atoms with Crippen molar-refractivity contribution in [3.63, 3.8) is 0 Å². The quantitative estimate of drug-likeness (QED) is 0.879. The molecular formula is C16H26N2S. The number of aromatic nitrogens is 1. The predicted molar refractivity (Wildman–Crippen MR) is 81.6 cm³/mol. The number of aryl methyl sites for hydroxylation is 2. The first kappa shape index (κ1) is 13.6. The minimum atomic E-state index is 0.224. The fourth-order valence-corrected chi connectivity index (χ4v) is 5.44. The van der Waals surface area contributed by atoms with Gasteiger partial charge in [0.05, 0.1) is 11.2 Å². The Morgan fingerprint density at radius 1 is 1.37 bits per heavy atom. The maximum atomic E-state index is 5.01. The molecule has 2 aliphatic carbocycles. The molecule has 3 rings (SSSR count). The maximum absolute atomic E-state index is 5.01. The van der Waals surface area contributed by atoms with Crippen LogP contribution in [0.3, 0.4) is 0 Å². The first-order chi connectivity index (χ1) is 9.19. The van der Waals surface area contributed by atoms with E-state index in [1.807, 2.05) is 11.3 Å². The average molecular weight is 278 g/mol. The van der Waals surface area contributed by atoms with Gasteiger partial charge in [-0.1, -0.05) is 20.3 Å². The average Bonchev–Trinajstić information content (AvgIpc) is 3.10. The maximum Gasteiger partial charge on any atom is 0.114 e. The van der Waals surface area contributed by atoms with Crippen LogP contribution in [0.5, 0.6) is 0 Å². The molecule has 1 aromatic rings. The number of rotatable bonds is 5. The van der Waals surface area contributed by atoms with Gasteiger partial charge in [-0.3, -0.25) is 0 Å². The minimum Gasteiger partial charge on any atom is -0.305 e. The summed E-state index contributed by atoms with van der Waals surface area (Å²) in [4.78, 5) is 6.44. The molecule has 3 heteroatoms. The number of nitrogens with zero attached hydrogens (tertiary/aromatic N) is 1. The van der Waals surface area contributed by atoms with Crippen molar-refractivity contribution in [1.29, 1.82) is 0 Å².